The predicted octanol–water partition coefficient (Wildman–Crippen LogP) is 0.839. The molecule has 3 rings (SSSR count). The number of carbonyl (C=O) groups excluding carboxylic acids is 4. The van der Waals surface area contributed by atoms with Crippen LogP contribution in [0.1, 0.15) is 37.3 Å². The third-order valence-electron chi connectivity index (χ3n) is 4.87. The first-order chi connectivity index (χ1) is 13.0. The topological polar surface area (TPSA) is 105 Å². The normalized spacial score (nSPS) is 21.0. The minimum atomic E-state index is -1.12. The van der Waals surface area contributed by atoms with Crippen LogP contribution in [0, 0.1) is 0 Å². The summed E-state index contributed by atoms with van der Waals surface area (Å²) < 4.78 is 4.88. The van der Waals surface area contributed by atoms with Crippen molar-refractivity contribution in [3.8, 4) is 0 Å². The second-order valence-electron chi connectivity index (χ2n) is 6.75. The number of carbonyl (C=O) groups is 4. The minimum absolute atomic E-state index is 0.417. The van der Waals surface area contributed by atoms with Crippen LogP contribution in [-0.2, 0) is 31.1 Å². The van der Waals surface area contributed by atoms with Gasteiger partial charge in [0.2, 0.25) is 0 Å². The van der Waals surface area contributed by atoms with Crippen molar-refractivity contribution in [2.75, 3.05) is 19.7 Å². The van der Waals surface area contributed by atoms with Crippen LogP contribution >= 0.6 is 0 Å². The number of amides is 4. The number of benzene rings is 1. The van der Waals surface area contributed by atoms with E-state index >= 15 is 0 Å². The molecule has 4 amide bonds. The molecule has 8 heteroatoms. The van der Waals surface area contributed by atoms with E-state index in [1.807, 2.05) is 31.2 Å². The molecule has 0 aromatic heterocycles. The smallest absolute Gasteiger partial charge is 0.326 e. The second-order valence-corrected chi connectivity index (χ2v) is 6.75. The third-order valence-corrected chi connectivity index (χ3v) is 4.87. The van der Waals surface area contributed by atoms with Gasteiger partial charge in [-0.15, -0.1) is 0 Å². The van der Waals surface area contributed by atoms with Gasteiger partial charge in [0.15, 0.2) is 6.61 Å². The number of nitrogens with zero attached hydrogens (tertiary/aromatic N) is 1. The van der Waals surface area contributed by atoms with Gasteiger partial charge < -0.3 is 15.4 Å². The van der Waals surface area contributed by atoms with Crippen LogP contribution in [0.25, 0.3) is 0 Å². The molecule has 1 aromatic rings. The first kappa shape index (κ1) is 18.9. The van der Waals surface area contributed by atoms with E-state index in [2.05, 4.69) is 10.6 Å². The Morgan fingerprint density at radius 1 is 1.30 bits per heavy atom. The van der Waals surface area contributed by atoms with Crippen molar-refractivity contribution in [3.05, 3.63) is 35.4 Å². The number of fused-ring (bicyclic) bond motifs is 2. The summed E-state index contributed by atoms with van der Waals surface area (Å²) in [4.78, 5) is 49.8. The first-order valence-corrected chi connectivity index (χ1v) is 9.12. The molecule has 0 radical (unpaired) electrons. The summed E-state index contributed by atoms with van der Waals surface area (Å²) in [6.07, 6.45) is 2.86. The molecule has 0 bridgehead atoms. The summed E-state index contributed by atoms with van der Waals surface area (Å²) in [5.41, 5.74) is 0.684. The van der Waals surface area contributed by atoms with E-state index in [1.165, 1.54) is 0 Å². The van der Waals surface area contributed by atoms with Crippen LogP contribution in [0.15, 0.2) is 24.3 Å². The molecule has 2 aliphatic rings. The zero-order valence-corrected chi connectivity index (χ0v) is 15.2. The largest absolute Gasteiger partial charge is 0.454 e. The van der Waals surface area contributed by atoms with Gasteiger partial charge in [0.1, 0.15) is 12.1 Å². The predicted molar refractivity (Wildman–Crippen MR) is 95.6 cm³/mol. The fraction of sp³-hybridized carbons (Fsp3) is 0.474. The molecule has 0 saturated carbocycles. The second kappa shape index (κ2) is 7.77. The molecule has 144 valence electrons. The van der Waals surface area contributed by atoms with Crippen LogP contribution in [0.3, 0.4) is 0 Å². The molecule has 1 spiro atoms. The molecule has 1 heterocycles. The molecule has 1 saturated heterocycles. The summed E-state index contributed by atoms with van der Waals surface area (Å²) in [5.74, 6) is -1.67. The molecular formula is C19H23N3O5. The van der Waals surface area contributed by atoms with Crippen molar-refractivity contribution in [1.29, 1.82) is 0 Å². The van der Waals surface area contributed by atoms with Gasteiger partial charge in [-0.2, -0.15) is 0 Å². The highest BCUT2D eigenvalue weighted by molar-refractivity contribution is 6.09. The van der Waals surface area contributed by atoms with E-state index in [-0.39, 0.29) is 0 Å². The van der Waals surface area contributed by atoms with Gasteiger partial charge in [0, 0.05) is 6.54 Å². The highest BCUT2D eigenvalue weighted by Crippen LogP contribution is 2.39. The molecule has 1 aromatic carbocycles. The van der Waals surface area contributed by atoms with E-state index in [1.54, 1.807) is 0 Å². The third kappa shape index (κ3) is 3.65. The Labute approximate surface area is 157 Å². The Morgan fingerprint density at radius 3 is 2.85 bits per heavy atom. The van der Waals surface area contributed by atoms with Crippen LogP contribution in [0.5, 0.6) is 0 Å². The highest BCUT2D eigenvalue weighted by atomic mass is 16.5. The maximum atomic E-state index is 13.0. The molecule has 1 fully saturated rings. The molecule has 1 aliphatic carbocycles. The lowest BCUT2D eigenvalue weighted by molar-refractivity contribution is -0.151. The number of hydrogen-bond acceptors (Lipinski definition) is 5. The van der Waals surface area contributed by atoms with Crippen molar-refractivity contribution in [2.24, 2.45) is 0 Å². The quantitative estimate of drug-likeness (QED) is 0.568. The molecule has 27 heavy (non-hydrogen) atoms. The van der Waals surface area contributed by atoms with Gasteiger partial charge >= 0.3 is 12.0 Å². The van der Waals surface area contributed by atoms with Crippen LogP contribution in [0.2, 0.25) is 0 Å². The number of hydrogen-bond donors (Lipinski definition) is 2. The van der Waals surface area contributed by atoms with Gasteiger partial charge in [-0.05, 0) is 36.8 Å². The van der Waals surface area contributed by atoms with Crippen LogP contribution < -0.4 is 10.6 Å². The van der Waals surface area contributed by atoms with E-state index in [9.17, 15) is 19.2 Å². The van der Waals surface area contributed by atoms with E-state index in [0.29, 0.717) is 13.0 Å². The number of aryl methyl sites for hydroxylation is 1. The Morgan fingerprint density at radius 2 is 2.07 bits per heavy atom. The molecule has 1 aliphatic heterocycles. The Bertz CT molecular complexity index is 778. The molecular weight excluding hydrogens is 350 g/mol. The van der Waals surface area contributed by atoms with Crippen molar-refractivity contribution in [3.63, 3.8) is 0 Å². The van der Waals surface area contributed by atoms with Gasteiger partial charge in [-0.1, -0.05) is 31.2 Å². The van der Waals surface area contributed by atoms with Gasteiger partial charge in [0.05, 0.1) is 0 Å². The molecule has 1 atom stereocenters. The number of urea groups is 1. The fourth-order valence-corrected chi connectivity index (χ4v) is 3.59. The number of imide groups is 1. The zero-order valence-electron chi connectivity index (χ0n) is 15.2. The standard InChI is InChI=1S/C19H23N3O5/c1-2-10-20-15(23)12-27-16(24)11-22-17(25)19(21-18(22)26)9-5-7-13-6-3-4-8-14(13)19/h3-4,6,8H,2,5,7,9-12H2,1H3,(H,20,23)(H,21,26)/t19-/m1/s1. The Hall–Kier alpha value is -2.90. The first-order valence-electron chi connectivity index (χ1n) is 9.12. The van der Waals surface area contributed by atoms with Crippen LogP contribution in [0.4, 0.5) is 4.79 Å². The van der Waals surface area contributed by atoms with Gasteiger partial charge in [-0.3, -0.25) is 19.3 Å². The van der Waals surface area contributed by atoms with E-state index < -0.39 is 42.5 Å². The summed E-state index contributed by atoms with van der Waals surface area (Å²) in [6, 6.07) is 6.90. The summed E-state index contributed by atoms with van der Waals surface area (Å²) in [5, 5.41) is 5.35. The lowest BCUT2D eigenvalue weighted by Gasteiger charge is -2.33. The number of nitrogens with one attached hydrogen (secondary N) is 2. The SMILES string of the molecule is CCCNC(=O)COC(=O)CN1C(=O)N[C@@]2(CCCc3ccccc32)C1=O. The van der Waals surface area contributed by atoms with Crippen molar-refractivity contribution >= 4 is 23.8 Å². The summed E-state index contributed by atoms with van der Waals surface area (Å²) in [6.45, 7) is 1.45. The fourth-order valence-electron chi connectivity index (χ4n) is 3.59. The van der Waals surface area contributed by atoms with Gasteiger partial charge in [-0.25, -0.2) is 4.79 Å². The lowest BCUT2D eigenvalue weighted by Crippen LogP contribution is -2.46. The van der Waals surface area contributed by atoms with Crippen molar-refractivity contribution in [1.82, 2.24) is 15.5 Å². The average molecular weight is 373 g/mol. The monoisotopic (exact) mass is 373 g/mol. The average Bonchev–Trinajstić information content (AvgIpc) is 2.90. The van der Waals surface area contributed by atoms with Crippen molar-refractivity contribution < 1.29 is 23.9 Å². The number of ether oxygens (including phenoxy) is 1. The zero-order chi connectivity index (χ0) is 19.4. The lowest BCUT2D eigenvalue weighted by atomic mass is 9.76. The summed E-state index contributed by atoms with van der Waals surface area (Å²) >= 11 is 0. The minimum Gasteiger partial charge on any atom is -0.454 e. The highest BCUT2D eigenvalue weighted by Gasteiger charge is 2.54. The maximum Gasteiger partial charge on any atom is 0.326 e. The summed E-state index contributed by atoms with van der Waals surface area (Å²) in [7, 11) is 0. The number of esters is 1. The molecule has 2 N–H and O–H groups in total. The molecule has 8 nitrogen and oxygen atoms in total. The van der Waals surface area contributed by atoms with Crippen molar-refractivity contribution in [2.45, 2.75) is 38.1 Å². The van der Waals surface area contributed by atoms with E-state index in [0.717, 1.165) is 35.3 Å². The van der Waals surface area contributed by atoms with Crippen LogP contribution in [-0.4, -0.2) is 48.4 Å². The van der Waals surface area contributed by atoms with E-state index in [4.69, 9.17) is 4.74 Å². The number of rotatable bonds is 6. The molecule has 0 unspecified atom stereocenters. The Balaban J connectivity index is 1.67. The Kier molecular flexibility index (Phi) is 5.43. The van der Waals surface area contributed by atoms with Gasteiger partial charge in [0.25, 0.3) is 11.8 Å². The maximum absolute atomic E-state index is 13.0.